The SMILES string of the molecule is Cc1cccc(C)c1CC(N)Cc1ccccn1. The fraction of sp³-hybridized carbons (Fsp3) is 0.312. The summed E-state index contributed by atoms with van der Waals surface area (Å²) >= 11 is 0. The lowest BCUT2D eigenvalue weighted by molar-refractivity contribution is 0.650. The topological polar surface area (TPSA) is 38.9 Å². The third-order valence-corrected chi connectivity index (χ3v) is 3.31. The number of hydrogen-bond donors (Lipinski definition) is 1. The number of hydrogen-bond acceptors (Lipinski definition) is 2. The van der Waals surface area contributed by atoms with Gasteiger partial charge in [0.15, 0.2) is 0 Å². The monoisotopic (exact) mass is 240 g/mol. The average Bonchev–Trinajstić information content (AvgIpc) is 2.35. The van der Waals surface area contributed by atoms with E-state index in [0.29, 0.717) is 0 Å². The predicted molar refractivity (Wildman–Crippen MR) is 75.5 cm³/mol. The molecule has 1 atom stereocenters. The summed E-state index contributed by atoms with van der Waals surface area (Å²) in [6.07, 6.45) is 3.56. The lowest BCUT2D eigenvalue weighted by Crippen LogP contribution is -2.26. The second-order valence-electron chi connectivity index (χ2n) is 4.86. The molecule has 18 heavy (non-hydrogen) atoms. The van der Waals surface area contributed by atoms with Crippen molar-refractivity contribution in [2.75, 3.05) is 0 Å². The van der Waals surface area contributed by atoms with Gasteiger partial charge in [-0.15, -0.1) is 0 Å². The van der Waals surface area contributed by atoms with Gasteiger partial charge in [0.2, 0.25) is 0 Å². The van der Waals surface area contributed by atoms with Crippen molar-refractivity contribution >= 4 is 0 Å². The Hall–Kier alpha value is -1.67. The summed E-state index contributed by atoms with van der Waals surface area (Å²) in [5.41, 5.74) is 11.3. The van der Waals surface area contributed by atoms with Crippen LogP contribution in [0, 0.1) is 13.8 Å². The standard InChI is InChI=1S/C16H20N2/c1-12-6-5-7-13(2)16(12)11-14(17)10-15-8-3-4-9-18-15/h3-9,14H,10-11,17H2,1-2H3. The molecule has 1 unspecified atom stereocenters. The van der Waals surface area contributed by atoms with Crippen LogP contribution in [-0.4, -0.2) is 11.0 Å². The van der Waals surface area contributed by atoms with Crippen LogP contribution in [0.4, 0.5) is 0 Å². The Bertz CT molecular complexity index is 486. The maximum atomic E-state index is 6.24. The lowest BCUT2D eigenvalue weighted by atomic mass is 9.95. The highest BCUT2D eigenvalue weighted by atomic mass is 14.7. The van der Waals surface area contributed by atoms with E-state index in [-0.39, 0.29) is 6.04 Å². The molecular weight excluding hydrogens is 220 g/mol. The van der Waals surface area contributed by atoms with Gasteiger partial charge in [0.05, 0.1) is 0 Å². The Morgan fingerprint density at radius 3 is 2.33 bits per heavy atom. The van der Waals surface area contributed by atoms with Crippen LogP contribution in [0.25, 0.3) is 0 Å². The zero-order valence-electron chi connectivity index (χ0n) is 11.1. The second-order valence-corrected chi connectivity index (χ2v) is 4.86. The van der Waals surface area contributed by atoms with Crippen LogP contribution in [-0.2, 0) is 12.8 Å². The van der Waals surface area contributed by atoms with Crippen LogP contribution < -0.4 is 5.73 Å². The first-order valence-electron chi connectivity index (χ1n) is 6.37. The minimum absolute atomic E-state index is 0.125. The first kappa shape index (κ1) is 12.8. The van der Waals surface area contributed by atoms with Crippen molar-refractivity contribution in [3.63, 3.8) is 0 Å². The molecule has 0 bridgehead atoms. The molecule has 0 aliphatic heterocycles. The predicted octanol–water partition coefficient (Wildman–Crippen LogP) is 2.81. The molecule has 1 heterocycles. The van der Waals surface area contributed by atoms with Crippen LogP contribution in [0.5, 0.6) is 0 Å². The number of benzene rings is 1. The van der Waals surface area contributed by atoms with Crippen LogP contribution in [0.2, 0.25) is 0 Å². The normalized spacial score (nSPS) is 12.4. The van der Waals surface area contributed by atoms with E-state index in [9.17, 15) is 0 Å². The van der Waals surface area contributed by atoms with Crippen LogP contribution >= 0.6 is 0 Å². The van der Waals surface area contributed by atoms with E-state index in [1.165, 1.54) is 16.7 Å². The van der Waals surface area contributed by atoms with Crippen LogP contribution in [0.15, 0.2) is 42.6 Å². The van der Waals surface area contributed by atoms with Gasteiger partial charge < -0.3 is 5.73 Å². The molecule has 2 nitrogen and oxygen atoms in total. The highest BCUT2D eigenvalue weighted by molar-refractivity contribution is 5.34. The molecule has 0 saturated carbocycles. The maximum absolute atomic E-state index is 6.24. The highest BCUT2D eigenvalue weighted by Gasteiger charge is 2.09. The number of aryl methyl sites for hydroxylation is 2. The molecule has 0 saturated heterocycles. The summed E-state index contributed by atoms with van der Waals surface area (Å²) in [7, 11) is 0. The number of pyridine rings is 1. The Labute approximate surface area is 109 Å². The van der Waals surface area contributed by atoms with Gasteiger partial charge in [-0.3, -0.25) is 4.98 Å². The minimum atomic E-state index is 0.125. The summed E-state index contributed by atoms with van der Waals surface area (Å²) in [5, 5.41) is 0. The van der Waals surface area contributed by atoms with Crippen molar-refractivity contribution in [2.24, 2.45) is 5.73 Å². The summed E-state index contributed by atoms with van der Waals surface area (Å²) in [6.45, 7) is 4.30. The fourth-order valence-corrected chi connectivity index (χ4v) is 2.29. The van der Waals surface area contributed by atoms with E-state index in [1.54, 1.807) is 0 Å². The summed E-state index contributed by atoms with van der Waals surface area (Å²) in [5.74, 6) is 0. The molecule has 0 radical (unpaired) electrons. The molecule has 94 valence electrons. The van der Waals surface area contributed by atoms with Gasteiger partial charge in [0.1, 0.15) is 0 Å². The molecule has 2 heteroatoms. The second kappa shape index (κ2) is 5.78. The van der Waals surface area contributed by atoms with Gasteiger partial charge in [0.25, 0.3) is 0 Å². The Kier molecular flexibility index (Phi) is 4.11. The van der Waals surface area contributed by atoms with Crippen molar-refractivity contribution in [2.45, 2.75) is 32.7 Å². The van der Waals surface area contributed by atoms with Gasteiger partial charge in [0, 0.05) is 24.4 Å². The Balaban J connectivity index is 2.06. The molecule has 2 aromatic rings. The van der Waals surface area contributed by atoms with Crippen LogP contribution in [0.3, 0.4) is 0 Å². The number of rotatable bonds is 4. The first-order valence-corrected chi connectivity index (χ1v) is 6.37. The molecule has 0 spiro atoms. The van der Waals surface area contributed by atoms with E-state index in [2.05, 4.69) is 37.0 Å². The van der Waals surface area contributed by atoms with E-state index < -0.39 is 0 Å². The molecule has 0 aliphatic rings. The molecule has 1 aromatic heterocycles. The van der Waals surface area contributed by atoms with E-state index >= 15 is 0 Å². The van der Waals surface area contributed by atoms with Gasteiger partial charge >= 0.3 is 0 Å². The third kappa shape index (κ3) is 3.17. The van der Waals surface area contributed by atoms with Crippen molar-refractivity contribution in [3.8, 4) is 0 Å². The summed E-state index contributed by atoms with van der Waals surface area (Å²) in [6, 6.07) is 12.5. The highest BCUT2D eigenvalue weighted by Crippen LogP contribution is 2.15. The van der Waals surface area contributed by atoms with Gasteiger partial charge in [-0.2, -0.15) is 0 Å². The molecule has 0 aliphatic carbocycles. The van der Waals surface area contributed by atoms with Crippen molar-refractivity contribution < 1.29 is 0 Å². The van der Waals surface area contributed by atoms with Gasteiger partial charge in [-0.25, -0.2) is 0 Å². The molecule has 2 N–H and O–H groups in total. The smallest absolute Gasteiger partial charge is 0.0419 e. The van der Waals surface area contributed by atoms with Crippen molar-refractivity contribution in [1.29, 1.82) is 0 Å². The minimum Gasteiger partial charge on any atom is -0.327 e. The molecule has 0 fully saturated rings. The van der Waals surface area contributed by atoms with E-state index in [4.69, 9.17) is 5.73 Å². The zero-order chi connectivity index (χ0) is 13.0. The first-order chi connectivity index (χ1) is 8.66. The van der Waals surface area contributed by atoms with Crippen LogP contribution in [0.1, 0.15) is 22.4 Å². The average molecular weight is 240 g/mol. The molecule has 2 rings (SSSR count). The summed E-state index contributed by atoms with van der Waals surface area (Å²) in [4.78, 5) is 4.33. The lowest BCUT2D eigenvalue weighted by Gasteiger charge is -2.15. The third-order valence-electron chi connectivity index (χ3n) is 3.31. The Morgan fingerprint density at radius 2 is 1.72 bits per heavy atom. The largest absolute Gasteiger partial charge is 0.327 e. The number of nitrogens with two attached hydrogens (primary N) is 1. The number of nitrogens with zero attached hydrogens (tertiary/aromatic N) is 1. The molecule has 0 amide bonds. The quantitative estimate of drug-likeness (QED) is 0.892. The Morgan fingerprint density at radius 1 is 1.00 bits per heavy atom. The number of aromatic nitrogens is 1. The maximum Gasteiger partial charge on any atom is 0.0419 e. The fourth-order valence-electron chi connectivity index (χ4n) is 2.29. The van der Waals surface area contributed by atoms with E-state index in [0.717, 1.165) is 18.5 Å². The van der Waals surface area contributed by atoms with Gasteiger partial charge in [-0.05, 0) is 49.1 Å². The van der Waals surface area contributed by atoms with E-state index in [1.807, 2.05) is 24.4 Å². The zero-order valence-corrected chi connectivity index (χ0v) is 11.1. The van der Waals surface area contributed by atoms with Gasteiger partial charge in [-0.1, -0.05) is 24.3 Å². The molecular formula is C16H20N2. The van der Waals surface area contributed by atoms with Crippen molar-refractivity contribution in [3.05, 3.63) is 65.0 Å². The van der Waals surface area contributed by atoms with Crippen molar-refractivity contribution in [1.82, 2.24) is 4.98 Å². The molecule has 1 aromatic carbocycles. The summed E-state index contributed by atoms with van der Waals surface area (Å²) < 4.78 is 0.